The van der Waals surface area contributed by atoms with Crippen LogP contribution < -0.4 is 0 Å². The molecule has 0 N–H and O–H groups in total. The summed E-state index contributed by atoms with van der Waals surface area (Å²) in [5.41, 5.74) is 2.38. The maximum atomic E-state index is 4.93. The first kappa shape index (κ1) is 27.0. The fraction of sp³-hybridized carbons (Fsp3) is 0.222. The van der Waals surface area contributed by atoms with E-state index >= 15 is 0 Å². The standard InChI is InChI=1S/C8H12.2C5H5.2ClH.Ni.Zr/c1-5-7(3)8(4)6-2;2*1-2-4-5-3-1;;;;/h1-4H3;2*1-5H;2*1H;;/q-2;2*-1;;;;+2/p-2. The van der Waals surface area contributed by atoms with Gasteiger partial charge in [-0.3, -0.25) is 0 Å². The van der Waals surface area contributed by atoms with Crippen LogP contribution in [-0.2, 0) is 37.3 Å². The van der Waals surface area contributed by atoms with Crippen molar-refractivity contribution in [3.63, 3.8) is 0 Å². The van der Waals surface area contributed by atoms with Gasteiger partial charge in [0.15, 0.2) is 0 Å². The Labute approximate surface area is 164 Å². The molecule has 0 aliphatic carbocycles. The quantitative estimate of drug-likeness (QED) is 0.253. The van der Waals surface area contributed by atoms with Crippen molar-refractivity contribution in [3.05, 3.63) is 84.0 Å². The number of rotatable bonds is 1. The first-order chi connectivity index (χ1) is 10.1. The molecule has 126 valence electrons. The molecule has 0 fully saturated rings. The average Bonchev–Trinajstić information content (AvgIpc) is 3.23. The smallest absolute Gasteiger partial charge is 0 e. The van der Waals surface area contributed by atoms with Crippen LogP contribution in [0.2, 0.25) is 0 Å². The van der Waals surface area contributed by atoms with E-state index in [1.165, 1.54) is 11.1 Å². The second kappa shape index (κ2) is 23.4. The Hall–Kier alpha value is 0.137. The monoisotopic (exact) mass is 456 g/mol. The summed E-state index contributed by atoms with van der Waals surface area (Å²) in [4.78, 5) is 0. The van der Waals surface area contributed by atoms with Crippen molar-refractivity contribution in [2.24, 2.45) is 0 Å². The molecule has 22 heavy (non-hydrogen) atoms. The molecule has 0 saturated heterocycles. The van der Waals surface area contributed by atoms with Gasteiger partial charge in [-0.05, 0) is 0 Å². The molecule has 4 heteroatoms. The van der Waals surface area contributed by atoms with Gasteiger partial charge in [0.05, 0.1) is 0 Å². The Morgan fingerprint density at radius 1 is 0.773 bits per heavy atom. The van der Waals surface area contributed by atoms with E-state index in [2.05, 4.69) is 12.2 Å². The molecule has 0 aliphatic heterocycles. The SMILES string of the molecule is C[C-]=C(C)C(C)=[C-]C.[Cl][Zr][Cl].[Ni].c1cc[cH-]c1.c1cc[cH-]c1. The van der Waals surface area contributed by atoms with Gasteiger partial charge in [-0.1, -0.05) is 0 Å². The van der Waals surface area contributed by atoms with Gasteiger partial charge >= 0.3 is 37.9 Å². The molecule has 0 saturated carbocycles. The zero-order chi connectivity index (χ0) is 16.3. The fourth-order valence-corrected chi connectivity index (χ4v) is 1.02. The second-order valence-corrected chi connectivity index (χ2v) is 7.48. The van der Waals surface area contributed by atoms with E-state index in [1.54, 1.807) is 0 Å². The minimum atomic E-state index is -0.826. The van der Waals surface area contributed by atoms with E-state index in [0.717, 1.165) is 0 Å². The number of hydrogen-bond donors (Lipinski definition) is 0. The van der Waals surface area contributed by atoms with Crippen molar-refractivity contribution >= 4 is 17.0 Å². The van der Waals surface area contributed by atoms with Crippen molar-refractivity contribution in [1.29, 1.82) is 0 Å². The minimum absolute atomic E-state index is 0. The van der Waals surface area contributed by atoms with Gasteiger partial charge in [-0.25, -0.2) is 24.3 Å². The molecule has 0 aromatic heterocycles. The van der Waals surface area contributed by atoms with E-state index in [9.17, 15) is 0 Å². The van der Waals surface area contributed by atoms with Crippen molar-refractivity contribution in [2.45, 2.75) is 27.7 Å². The third-order valence-electron chi connectivity index (χ3n) is 2.42. The van der Waals surface area contributed by atoms with Gasteiger partial charge in [0.2, 0.25) is 0 Å². The summed E-state index contributed by atoms with van der Waals surface area (Å²) in [6.07, 6.45) is 6.07. The van der Waals surface area contributed by atoms with Gasteiger partial charge in [0.1, 0.15) is 0 Å². The summed E-state index contributed by atoms with van der Waals surface area (Å²) in [5.74, 6) is 0. The number of allylic oxidation sites excluding steroid dienone is 4. The Balaban J connectivity index is -0.000000227. The largest absolute Gasteiger partial charge is 0.214 e. The molecule has 2 rings (SSSR count). The van der Waals surface area contributed by atoms with E-state index in [0.29, 0.717) is 0 Å². The Morgan fingerprint density at radius 2 is 1.00 bits per heavy atom. The van der Waals surface area contributed by atoms with Gasteiger partial charge in [0.25, 0.3) is 0 Å². The van der Waals surface area contributed by atoms with Crippen molar-refractivity contribution in [1.82, 2.24) is 0 Å². The maximum Gasteiger partial charge on any atom is 0 e. The van der Waals surface area contributed by atoms with Crippen molar-refractivity contribution in [2.75, 3.05) is 0 Å². The molecule has 2 aromatic carbocycles. The molecule has 0 amide bonds. The van der Waals surface area contributed by atoms with Gasteiger partial charge in [0, 0.05) is 16.5 Å². The van der Waals surface area contributed by atoms with Crippen LogP contribution in [0.1, 0.15) is 27.7 Å². The molecule has 0 unspecified atom stereocenters. The predicted octanol–water partition coefficient (Wildman–Crippen LogP) is 6.71. The topological polar surface area (TPSA) is 0 Å². The first-order valence-electron chi connectivity index (χ1n) is 6.46. The molecule has 0 aliphatic rings. The fourth-order valence-electron chi connectivity index (χ4n) is 1.02. The molecule has 0 heterocycles. The van der Waals surface area contributed by atoms with Gasteiger partial charge in [-0.15, -0.1) is 27.7 Å². The molecular formula is C18H22Cl2NiZr-4. The van der Waals surface area contributed by atoms with Crippen LogP contribution in [-0.4, -0.2) is 0 Å². The van der Waals surface area contributed by atoms with Crippen LogP contribution in [0.15, 0.2) is 71.8 Å². The van der Waals surface area contributed by atoms with Crippen LogP contribution >= 0.6 is 17.0 Å². The minimum Gasteiger partial charge on any atom is -0.214 e. The zero-order valence-corrected chi connectivity index (χ0v) is 18.3. The second-order valence-electron chi connectivity index (χ2n) is 3.75. The van der Waals surface area contributed by atoms with E-state index in [-0.39, 0.29) is 16.5 Å². The third kappa shape index (κ3) is 22.4. The van der Waals surface area contributed by atoms with Crippen molar-refractivity contribution < 1.29 is 37.3 Å². The summed E-state index contributed by atoms with van der Waals surface area (Å²) in [6.45, 7) is 7.89. The van der Waals surface area contributed by atoms with Crippen LogP contribution in [0.25, 0.3) is 0 Å². The Bertz CT molecular complexity index is 355. The normalized spacial score (nSPS) is 9.55. The Kier molecular flexibility index (Phi) is 28.7. The summed E-state index contributed by atoms with van der Waals surface area (Å²) in [6, 6.07) is 20.0. The van der Waals surface area contributed by atoms with E-state index in [1.807, 2.05) is 88.4 Å². The van der Waals surface area contributed by atoms with Crippen LogP contribution in [0.5, 0.6) is 0 Å². The molecular weight excluding hydrogens is 437 g/mol. The van der Waals surface area contributed by atoms with Gasteiger partial charge in [-0.2, -0.15) is 36.4 Å². The first-order valence-corrected chi connectivity index (χ1v) is 12.8. The van der Waals surface area contributed by atoms with E-state index < -0.39 is 20.8 Å². The average molecular weight is 459 g/mol. The predicted molar refractivity (Wildman–Crippen MR) is 92.0 cm³/mol. The van der Waals surface area contributed by atoms with Crippen molar-refractivity contribution in [3.8, 4) is 0 Å². The molecule has 0 nitrogen and oxygen atoms in total. The van der Waals surface area contributed by atoms with E-state index in [4.69, 9.17) is 17.0 Å². The summed E-state index contributed by atoms with van der Waals surface area (Å²) >= 11 is -0.826. The summed E-state index contributed by atoms with van der Waals surface area (Å²) < 4.78 is 0. The third-order valence-corrected chi connectivity index (χ3v) is 2.42. The maximum absolute atomic E-state index is 4.93. The molecule has 0 atom stereocenters. The van der Waals surface area contributed by atoms with Crippen LogP contribution in [0, 0.1) is 12.2 Å². The zero-order valence-electron chi connectivity index (χ0n) is 13.3. The Morgan fingerprint density at radius 3 is 1.09 bits per heavy atom. The molecule has 2 aromatic rings. The number of hydrogen-bond acceptors (Lipinski definition) is 0. The molecule has 0 spiro atoms. The summed E-state index contributed by atoms with van der Waals surface area (Å²) in [5, 5.41) is 0. The molecule has 0 bridgehead atoms. The van der Waals surface area contributed by atoms with Crippen LogP contribution in [0.4, 0.5) is 0 Å². The van der Waals surface area contributed by atoms with Gasteiger partial charge < -0.3 is 23.3 Å². The van der Waals surface area contributed by atoms with Crippen LogP contribution in [0.3, 0.4) is 0 Å². The summed E-state index contributed by atoms with van der Waals surface area (Å²) in [7, 11) is 9.87. The molecule has 0 radical (unpaired) electrons. The number of halogens is 2.